The van der Waals surface area contributed by atoms with Gasteiger partial charge in [0.25, 0.3) is 5.91 Å². The van der Waals surface area contributed by atoms with Gasteiger partial charge < -0.3 is 5.32 Å². The third-order valence-electron chi connectivity index (χ3n) is 5.87. The van der Waals surface area contributed by atoms with Crippen LogP contribution in [-0.2, 0) is 19.4 Å². The van der Waals surface area contributed by atoms with Crippen molar-refractivity contribution < 1.29 is 4.79 Å². The number of hydrogen-bond donors (Lipinski definition) is 1. The number of nitrogens with zero attached hydrogens (tertiary/aromatic N) is 2. The maximum Gasteiger partial charge on any atom is 0.251 e. The summed E-state index contributed by atoms with van der Waals surface area (Å²) in [6, 6.07) is 16.5. The quantitative estimate of drug-likeness (QED) is 0.676. The van der Waals surface area contributed by atoms with Crippen LogP contribution in [0.15, 0.2) is 48.5 Å². The summed E-state index contributed by atoms with van der Waals surface area (Å²) < 4.78 is 1.99. The first kappa shape index (κ1) is 19.4. The zero-order chi connectivity index (χ0) is 20.4. The second kappa shape index (κ2) is 8.24. The number of aryl methyl sites for hydroxylation is 4. The highest BCUT2D eigenvalue weighted by atomic mass is 16.1. The van der Waals surface area contributed by atoms with E-state index in [-0.39, 0.29) is 11.9 Å². The largest absolute Gasteiger partial charge is 0.346 e. The average Bonchev–Trinajstić information content (AvgIpc) is 3.04. The third kappa shape index (κ3) is 4.42. The summed E-state index contributed by atoms with van der Waals surface area (Å²) in [5.74, 6) is -0.0344. The van der Waals surface area contributed by atoms with E-state index in [4.69, 9.17) is 0 Å². The lowest BCUT2D eigenvalue weighted by molar-refractivity contribution is 0.0940. The highest BCUT2D eigenvalue weighted by Crippen LogP contribution is 2.25. The lowest BCUT2D eigenvalue weighted by atomic mass is 9.89. The fraction of sp³-hybridized carbons (Fsp3) is 0.360. The van der Waals surface area contributed by atoms with E-state index in [1.165, 1.54) is 36.0 Å². The zero-order valence-corrected chi connectivity index (χ0v) is 17.5. The van der Waals surface area contributed by atoms with Gasteiger partial charge in [0.05, 0.1) is 18.3 Å². The van der Waals surface area contributed by atoms with Gasteiger partial charge in [-0.25, -0.2) is 0 Å². The second-order valence-electron chi connectivity index (χ2n) is 8.21. The Morgan fingerprint density at radius 1 is 1.03 bits per heavy atom. The van der Waals surface area contributed by atoms with E-state index in [0.717, 1.165) is 23.4 Å². The number of fused-ring (bicyclic) bond motifs is 1. The molecule has 0 bridgehead atoms. The Hall–Kier alpha value is -2.88. The van der Waals surface area contributed by atoms with Crippen LogP contribution in [0.2, 0.25) is 0 Å². The number of hydrogen-bond acceptors (Lipinski definition) is 2. The zero-order valence-electron chi connectivity index (χ0n) is 17.5. The number of carbonyl (C=O) groups is 1. The van der Waals surface area contributed by atoms with Crippen LogP contribution in [0.5, 0.6) is 0 Å². The molecule has 1 aliphatic carbocycles. The van der Waals surface area contributed by atoms with Gasteiger partial charge in [0.1, 0.15) is 0 Å². The van der Waals surface area contributed by atoms with Crippen LogP contribution in [0.4, 0.5) is 0 Å². The first-order valence-electron chi connectivity index (χ1n) is 10.5. The smallest absolute Gasteiger partial charge is 0.251 e. The average molecular weight is 388 g/mol. The molecule has 0 aliphatic heterocycles. The number of amides is 1. The molecule has 3 aromatic rings. The first-order valence-corrected chi connectivity index (χ1v) is 10.5. The summed E-state index contributed by atoms with van der Waals surface area (Å²) in [5, 5.41) is 7.65. The predicted molar refractivity (Wildman–Crippen MR) is 116 cm³/mol. The van der Waals surface area contributed by atoms with Gasteiger partial charge in [-0.3, -0.25) is 9.48 Å². The Kier molecular flexibility index (Phi) is 5.52. The molecule has 1 N–H and O–H groups in total. The number of benzene rings is 2. The van der Waals surface area contributed by atoms with Gasteiger partial charge in [-0.05, 0) is 86.9 Å². The van der Waals surface area contributed by atoms with Crippen molar-refractivity contribution in [1.82, 2.24) is 15.1 Å². The van der Waals surface area contributed by atoms with Gasteiger partial charge >= 0.3 is 0 Å². The van der Waals surface area contributed by atoms with E-state index in [2.05, 4.69) is 48.5 Å². The van der Waals surface area contributed by atoms with Crippen LogP contribution in [0, 0.1) is 13.8 Å². The molecule has 0 saturated heterocycles. The summed E-state index contributed by atoms with van der Waals surface area (Å²) in [7, 11) is 0. The molecule has 4 heteroatoms. The van der Waals surface area contributed by atoms with Gasteiger partial charge in [0, 0.05) is 11.3 Å². The molecule has 2 aromatic carbocycles. The summed E-state index contributed by atoms with van der Waals surface area (Å²) in [4.78, 5) is 12.7. The van der Waals surface area contributed by atoms with Gasteiger partial charge in [-0.2, -0.15) is 5.10 Å². The van der Waals surface area contributed by atoms with Crippen molar-refractivity contribution in [2.24, 2.45) is 0 Å². The molecule has 4 rings (SSSR count). The molecule has 0 saturated carbocycles. The molecule has 1 heterocycles. The molecule has 1 amide bonds. The van der Waals surface area contributed by atoms with Crippen LogP contribution in [0.3, 0.4) is 0 Å². The molecule has 4 nitrogen and oxygen atoms in total. The molecular formula is C25H29N3O. The van der Waals surface area contributed by atoms with Crippen LogP contribution in [-0.4, -0.2) is 15.7 Å². The van der Waals surface area contributed by atoms with Crippen molar-refractivity contribution in [3.05, 3.63) is 87.7 Å². The molecule has 1 aliphatic rings. The van der Waals surface area contributed by atoms with Crippen molar-refractivity contribution in [3.8, 4) is 0 Å². The summed E-state index contributed by atoms with van der Waals surface area (Å²) >= 11 is 0. The topological polar surface area (TPSA) is 46.9 Å². The van der Waals surface area contributed by atoms with E-state index in [0.29, 0.717) is 12.1 Å². The fourth-order valence-electron chi connectivity index (χ4n) is 4.16. The highest BCUT2D eigenvalue weighted by molar-refractivity contribution is 5.94. The fourth-order valence-corrected chi connectivity index (χ4v) is 4.16. The minimum absolute atomic E-state index is 0.0101. The van der Waals surface area contributed by atoms with Gasteiger partial charge in [0.2, 0.25) is 0 Å². The van der Waals surface area contributed by atoms with E-state index >= 15 is 0 Å². The summed E-state index contributed by atoms with van der Waals surface area (Å²) in [6.07, 6.45) is 4.89. The molecule has 1 unspecified atom stereocenters. The van der Waals surface area contributed by atoms with E-state index in [1.807, 2.05) is 35.9 Å². The molecule has 150 valence electrons. The van der Waals surface area contributed by atoms with Crippen molar-refractivity contribution in [2.75, 3.05) is 0 Å². The standard InChI is InChI=1S/C25H29N3O/c1-17-14-18(2)28(27-17)16-20-8-10-22(11-9-20)25(29)26-19(3)23-13-12-21-6-4-5-7-24(21)15-23/h8-15,19H,4-7,16H2,1-3H3,(H,26,29). The lowest BCUT2D eigenvalue weighted by Gasteiger charge is -2.20. The minimum atomic E-state index is -0.0344. The van der Waals surface area contributed by atoms with Crippen molar-refractivity contribution in [2.45, 2.75) is 59.0 Å². The molecule has 1 atom stereocenters. The Balaban J connectivity index is 1.41. The normalized spacial score (nSPS) is 14.3. The van der Waals surface area contributed by atoms with E-state index in [9.17, 15) is 4.79 Å². The van der Waals surface area contributed by atoms with E-state index in [1.54, 1.807) is 0 Å². The number of nitrogens with one attached hydrogen (secondary N) is 1. The third-order valence-corrected chi connectivity index (χ3v) is 5.87. The SMILES string of the molecule is Cc1cc(C)n(Cc2ccc(C(=O)NC(C)c3ccc4c(c3)CCCC4)cc2)n1. The van der Waals surface area contributed by atoms with Crippen LogP contribution < -0.4 is 5.32 Å². The molecular weight excluding hydrogens is 358 g/mol. The highest BCUT2D eigenvalue weighted by Gasteiger charge is 2.15. The Labute approximate surface area is 173 Å². The van der Waals surface area contributed by atoms with Crippen LogP contribution in [0.25, 0.3) is 0 Å². The minimum Gasteiger partial charge on any atom is -0.346 e. The van der Waals surface area contributed by atoms with Crippen molar-refractivity contribution >= 4 is 5.91 Å². The number of aromatic nitrogens is 2. The molecule has 0 radical (unpaired) electrons. The lowest BCUT2D eigenvalue weighted by Crippen LogP contribution is -2.26. The summed E-state index contributed by atoms with van der Waals surface area (Å²) in [6.45, 7) is 6.83. The van der Waals surface area contributed by atoms with E-state index < -0.39 is 0 Å². The molecule has 29 heavy (non-hydrogen) atoms. The van der Waals surface area contributed by atoms with Crippen molar-refractivity contribution in [3.63, 3.8) is 0 Å². The van der Waals surface area contributed by atoms with Gasteiger partial charge in [-0.1, -0.05) is 30.3 Å². The summed E-state index contributed by atoms with van der Waals surface area (Å²) in [5.41, 5.74) is 8.08. The molecule has 1 aromatic heterocycles. The first-order chi connectivity index (χ1) is 14.0. The molecule has 0 spiro atoms. The second-order valence-corrected chi connectivity index (χ2v) is 8.21. The van der Waals surface area contributed by atoms with Crippen molar-refractivity contribution in [1.29, 1.82) is 0 Å². The van der Waals surface area contributed by atoms with Crippen LogP contribution >= 0.6 is 0 Å². The Morgan fingerprint density at radius 2 is 1.76 bits per heavy atom. The monoisotopic (exact) mass is 387 g/mol. The Morgan fingerprint density at radius 3 is 2.45 bits per heavy atom. The number of carbonyl (C=O) groups excluding carboxylic acids is 1. The van der Waals surface area contributed by atoms with Crippen LogP contribution in [0.1, 0.15) is 69.8 Å². The van der Waals surface area contributed by atoms with Gasteiger partial charge in [-0.15, -0.1) is 0 Å². The molecule has 0 fully saturated rings. The maximum atomic E-state index is 12.7. The number of rotatable bonds is 5. The van der Waals surface area contributed by atoms with Gasteiger partial charge in [0.15, 0.2) is 0 Å². The Bertz CT molecular complexity index is 1020. The maximum absolute atomic E-state index is 12.7. The predicted octanol–water partition coefficient (Wildman–Crippen LogP) is 4.92.